The monoisotopic (exact) mass is 477 g/mol. The van der Waals surface area contributed by atoms with Crippen LogP contribution < -0.4 is 20.7 Å². The lowest BCUT2D eigenvalue weighted by Crippen LogP contribution is -2.58. The first-order chi connectivity index (χ1) is 17.0. The summed E-state index contributed by atoms with van der Waals surface area (Å²) >= 11 is 0. The van der Waals surface area contributed by atoms with Crippen LogP contribution in [0.2, 0.25) is 0 Å². The number of likely N-dealkylation sites (tertiary alicyclic amines) is 1. The van der Waals surface area contributed by atoms with E-state index in [9.17, 15) is 9.59 Å². The SMILES string of the molecule is Cc1cc(N2CN(c3ccccc3)C3(CCN(C(=O)C4CCC5NNCC5C4)CC3)C2=O)n(C)n1. The average Bonchev–Trinajstić information content (AvgIpc) is 3.56. The Morgan fingerprint density at radius 3 is 2.63 bits per heavy atom. The highest BCUT2D eigenvalue weighted by molar-refractivity contribution is 6.06. The molecule has 2 amide bonds. The van der Waals surface area contributed by atoms with Crippen LogP contribution in [-0.4, -0.2) is 64.4 Å². The zero-order valence-electron chi connectivity index (χ0n) is 20.6. The summed E-state index contributed by atoms with van der Waals surface area (Å²) < 4.78 is 1.79. The van der Waals surface area contributed by atoms with Crippen LogP contribution in [0.5, 0.6) is 0 Å². The van der Waals surface area contributed by atoms with Crippen molar-refractivity contribution in [2.45, 2.75) is 50.6 Å². The number of anilines is 2. The number of nitrogens with zero attached hydrogens (tertiary/aromatic N) is 5. The number of piperidine rings is 1. The molecule has 2 N–H and O–H groups in total. The number of aromatic nitrogens is 2. The number of aryl methyl sites for hydroxylation is 2. The summed E-state index contributed by atoms with van der Waals surface area (Å²) in [6, 6.07) is 12.7. The minimum Gasteiger partial charge on any atom is -0.342 e. The summed E-state index contributed by atoms with van der Waals surface area (Å²) in [4.78, 5) is 33.7. The lowest BCUT2D eigenvalue weighted by atomic mass is 9.77. The second kappa shape index (κ2) is 8.64. The third-order valence-electron chi connectivity index (χ3n) is 8.65. The molecular weight excluding hydrogens is 442 g/mol. The van der Waals surface area contributed by atoms with Gasteiger partial charge in [-0.25, -0.2) is 0 Å². The molecule has 1 aliphatic carbocycles. The summed E-state index contributed by atoms with van der Waals surface area (Å²) in [5.74, 6) is 1.85. The molecule has 3 aliphatic heterocycles. The minimum atomic E-state index is -0.646. The highest BCUT2D eigenvalue weighted by Crippen LogP contribution is 2.42. The number of para-hydroxylation sites is 1. The zero-order chi connectivity index (χ0) is 24.2. The molecule has 9 heteroatoms. The van der Waals surface area contributed by atoms with Crippen LogP contribution in [0.25, 0.3) is 0 Å². The van der Waals surface area contributed by atoms with Crippen LogP contribution in [0.15, 0.2) is 36.4 Å². The first kappa shape index (κ1) is 22.5. The Morgan fingerprint density at radius 2 is 1.91 bits per heavy atom. The van der Waals surface area contributed by atoms with Gasteiger partial charge in [-0.15, -0.1) is 0 Å². The molecule has 3 unspecified atom stereocenters. The first-order valence-corrected chi connectivity index (χ1v) is 12.9. The van der Waals surface area contributed by atoms with Gasteiger partial charge in [0.1, 0.15) is 18.0 Å². The van der Waals surface area contributed by atoms with Gasteiger partial charge >= 0.3 is 0 Å². The Kier molecular flexibility index (Phi) is 5.56. The van der Waals surface area contributed by atoms with E-state index in [2.05, 4.69) is 33.0 Å². The fraction of sp³-hybridized carbons (Fsp3) is 0.577. The number of hydrogen-bond acceptors (Lipinski definition) is 6. The molecule has 186 valence electrons. The van der Waals surface area contributed by atoms with Crippen molar-refractivity contribution in [3.05, 3.63) is 42.1 Å². The van der Waals surface area contributed by atoms with E-state index in [0.717, 1.165) is 43.0 Å². The summed E-state index contributed by atoms with van der Waals surface area (Å²) in [7, 11) is 1.89. The van der Waals surface area contributed by atoms with Crippen molar-refractivity contribution in [1.29, 1.82) is 0 Å². The van der Waals surface area contributed by atoms with E-state index in [1.165, 1.54) is 0 Å². The predicted molar refractivity (Wildman–Crippen MR) is 134 cm³/mol. The molecule has 1 aromatic carbocycles. The number of carbonyl (C=O) groups excluding carboxylic acids is 2. The van der Waals surface area contributed by atoms with Crippen molar-refractivity contribution in [3.63, 3.8) is 0 Å². The van der Waals surface area contributed by atoms with E-state index in [1.807, 2.05) is 48.0 Å². The van der Waals surface area contributed by atoms with Gasteiger partial charge in [0.15, 0.2) is 0 Å². The predicted octanol–water partition coefficient (Wildman–Crippen LogP) is 1.79. The van der Waals surface area contributed by atoms with Crippen LogP contribution in [0.1, 0.15) is 37.8 Å². The van der Waals surface area contributed by atoms with E-state index in [0.29, 0.717) is 44.6 Å². The Labute approximate surface area is 206 Å². The van der Waals surface area contributed by atoms with E-state index in [1.54, 1.807) is 4.68 Å². The van der Waals surface area contributed by atoms with Gasteiger partial charge in [0.2, 0.25) is 5.91 Å². The molecule has 1 saturated carbocycles. The largest absolute Gasteiger partial charge is 0.342 e. The van der Waals surface area contributed by atoms with Crippen molar-refractivity contribution in [2.75, 3.05) is 36.1 Å². The number of benzene rings is 1. The van der Waals surface area contributed by atoms with Gasteiger partial charge < -0.3 is 9.80 Å². The molecule has 9 nitrogen and oxygen atoms in total. The maximum Gasteiger partial charge on any atom is 0.255 e. The van der Waals surface area contributed by atoms with E-state index in [-0.39, 0.29) is 17.7 Å². The smallest absolute Gasteiger partial charge is 0.255 e. The Bertz CT molecular complexity index is 1110. The van der Waals surface area contributed by atoms with Gasteiger partial charge in [-0.05, 0) is 57.1 Å². The van der Waals surface area contributed by atoms with Gasteiger partial charge in [-0.1, -0.05) is 18.2 Å². The first-order valence-electron chi connectivity index (χ1n) is 12.9. The number of hydrazine groups is 1. The number of fused-ring (bicyclic) bond motifs is 1. The molecule has 1 spiro atoms. The zero-order valence-corrected chi connectivity index (χ0v) is 20.6. The fourth-order valence-electron chi connectivity index (χ4n) is 6.73. The minimum absolute atomic E-state index is 0.102. The number of amides is 2. The molecule has 0 radical (unpaired) electrons. The number of nitrogens with one attached hydrogen (secondary N) is 2. The van der Waals surface area contributed by atoms with Crippen LogP contribution >= 0.6 is 0 Å². The van der Waals surface area contributed by atoms with Gasteiger partial charge in [-0.3, -0.25) is 30.0 Å². The topological polar surface area (TPSA) is 85.7 Å². The molecule has 4 heterocycles. The summed E-state index contributed by atoms with van der Waals surface area (Å²) in [6.45, 7) is 4.62. The highest BCUT2D eigenvalue weighted by atomic mass is 16.2. The Balaban J connectivity index is 1.23. The fourth-order valence-corrected chi connectivity index (χ4v) is 6.73. The third-order valence-corrected chi connectivity index (χ3v) is 8.65. The third kappa shape index (κ3) is 3.72. The summed E-state index contributed by atoms with van der Waals surface area (Å²) in [5, 5.41) is 4.47. The lowest BCUT2D eigenvalue weighted by Gasteiger charge is -2.44. The highest BCUT2D eigenvalue weighted by Gasteiger charge is 2.55. The number of hydrogen-bond donors (Lipinski definition) is 2. The van der Waals surface area contributed by atoms with Gasteiger partial charge in [0, 0.05) is 50.4 Å². The lowest BCUT2D eigenvalue weighted by molar-refractivity contribution is -0.140. The second-order valence-corrected chi connectivity index (χ2v) is 10.7. The van der Waals surface area contributed by atoms with Crippen molar-refractivity contribution in [3.8, 4) is 0 Å². The number of carbonyl (C=O) groups is 2. The molecule has 3 atom stereocenters. The van der Waals surface area contributed by atoms with Crippen LogP contribution in [-0.2, 0) is 16.6 Å². The normalized spacial score (nSPS) is 28.1. The molecule has 0 bridgehead atoms. The van der Waals surface area contributed by atoms with Crippen molar-refractivity contribution >= 4 is 23.3 Å². The van der Waals surface area contributed by atoms with Gasteiger partial charge in [-0.2, -0.15) is 5.10 Å². The molecule has 4 aliphatic rings. The van der Waals surface area contributed by atoms with Crippen molar-refractivity contribution in [1.82, 2.24) is 25.5 Å². The molecule has 3 saturated heterocycles. The molecule has 4 fully saturated rings. The van der Waals surface area contributed by atoms with Gasteiger partial charge in [0.05, 0.1) is 5.69 Å². The standard InChI is InChI=1S/C26H35N7O2/c1-18-14-23(30(2)29-18)32-17-33(21-6-4-3-5-7-21)26(25(32)35)10-12-31(13-11-26)24(34)19-8-9-22-20(15-19)16-27-28-22/h3-7,14,19-20,22,27-28H,8-13,15-17H2,1-2H3. The summed E-state index contributed by atoms with van der Waals surface area (Å²) in [5.41, 5.74) is 7.90. The maximum absolute atomic E-state index is 14.1. The number of rotatable bonds is 3. The van der Waals surface area contributed by atoms with E-state index in [4.69, 9.17) is 0 Å². The molecule has 35 heavy (non-hydrogen) atoms. The molecule has 2 aromatic rings. The van der Waals surface area contributed by atoms with E-state index < -0.39 is 5.54 Å². The summed E-state index contributed by atoms with van der Waals surface area (Å²) in [6.07, 6.45) is 4.22. The molecular formula is C26H35N7O2. The van der Waals surface area contributed by atoms with Crippen LogP contribution in [0.4, 0.5) is 11.5 Å². The second-order valence-electron chi connectivity index (χ2n) is 10.7. The average molecular weight is 478 g/mol. The maximum atomic E-state index is 14.1. The van der Waals surface area contributed by atoms with Crippen LogP contribution in [0.3, 0.4) is 0 Å². The molecule has 6 rings (SSSR count). The quantitative estimate of drug-likeness (QED) is 0.701. The molecule has 1 aromatic heterocycles. The van der Waals surface area contributed by atoms with Gasteiger partial charge in [0.25, 0.3) is 5.91 Å². The van der Waals surface area contributed by atoms with Crippen LogP contribution in [0, 0.1) is 18.8 Å². The van der Waals surface area contributed by atoms with E-state index >= 15 is 0 Å². The van der Waals surface area contributed by atoms with Crippen molar-refractivity contribution < 1.29 is 9.59 Å². The Hall–Kier alpha value is -2.91. The Morgan fingerprint density at radius 1 is 1.14 bits per heavy atom. The van der Waals surface area contributed by atoms with Crippen molar-refractivity contribution in [2.24, 2.45) is 18.9 Å².